The van der Waals surface area contributed by atoms with Crippen molar-refractivity contribution in [1.82, 2.24) is 4.98 Å². The summed E-state index contributed by atoms with van der Waals surface area (Å²) in [6, 6.07) is 10.7. The first kappa shape index (κ1) is 12.0. The van der Waals surface area contributed by atoms with E-state index in [2.05, 4.69) is 41.5 Å². The van der Waals surface area contributed by atoms with Gasteiger partial charge in [0.2, 0.25) is 0 Å². The summed E-state index contributed by atoms with van der Waals surface area (Å²) < 4.78 is 5.44. The van der Waals surface area contributed by atoms with Crippen molar-refractivity contribution in [3.05, 3.63) is 53.3 Å². The molecule has 2 aromatic rings. The number of aryl methyl sites for hydroxylation is 2. The highest BCUT2D eigenvalue weighted by Gasteiger charge is 2.24. The lowest BCUT2D eigenvalue weighted by atomic mass is 10.1. The fourth-order valence-electron chi connectivity index (χ4n) is 2.66. The summed E-state index contributed by atoms with van der Waals surface area (Å²) in [6.45, 7) is 2.07. The fraction of sp³-hybridized carbons (Fsp3) is 0.312. The highest BCUT2D eigenvalue weighted by Crippen LogP contribution is 2.35. The molecule has 0 aliphatic heterocycles. The molecule has 1 aromatic heterocycles. The zero-order valence-corrected chi connectivity index (χ0v) is 11.3. The highest BCUT2D eigenvalue weighted by atomic mass is 16.5. The standard InChI is InChI=1S/C16H18N2O/c1-11-5-7-13(15(10-11)19-2)18-14-8-6-12-4-3-9-17-16(12)14/h3-5,7,9-10,14,18H,6,8H2,1-2H3. The largest absolute Gasteiger partial charge is 0.495 e. The summed E-state index contributed by atoms with van der Waals surface area (Å²) in [7, 11) is 1.71. The fourth-order valence-corrected chi connectivity index (χ4v) is 2.66. The number of fused-ring (bicyclic) bond motifs is 1. The summed E-state index contributed by atoms with van der Waals surface area (Å²) in [5.41, 5.74) is 4.76. The van der Waals surface area contributed by atoms with Gasteiger partial charge in [-0.1, -0.05) is 12.1 Å². The Morgan fingerprint density at radius 1 is 1.32 bits per heavy atom. The quantitative estimate of drug-likeness (QED) is 0.910. The molecule has 0 radical (unpaired) electrons. The number of aromatic nitrogens is 1. The number of hydrogen-bond donors (Lipinski definition) is 1. The van der Waals surface area contributed by atoms with E-state index in [1.54, 1.807) is 7.11 Å². The monoisotopic (exact) mass is 254 g/mol. The van der Waals surface area contributed by atoms with Crippen molar-refractivity contribution >= 4 is 5.69 Å². The van der Waals surface area contributed by atoms with Crippen LogP contribution in [-0.2, 0) is 6.42 Å². The van der Waals surface area contributed by atoms with Crippen LogP contribution < -0.4 is 10.1 Å². The molecule has 1 aliphatic rings. The maximum absolute atomic E-state index is 5.44. The molecular formula is C16H18N2O. The number of anilines is 1. The lowest BCUT2D eigenvalue weighted by Crippen LogP contribution is -2.09. The van der Waals surface area contributed by atoms with Gasteiger partial charge < -0.3 is 10.1 Å². The molecular weight excluding hydrogens is 236 g/mol. The van der Waals surface area contributed by atoms with Gasteiger partial charge in [0.25, 0.3) is 0 Å². The summed E-state index contributed by atoms with van der Waals surface area (Å²) in [5.74, 6) is 0.893. The Labute approximate surface area is 113 Å². The van der Waals surface area contributed by atoms with Crippen molar-refractivity contribution < 1.29 is 4.74 Å². The lowest BCUT2D eigenvalue weighted by Gasteiger charge is -2.17. The molecule has 1 aliphatic carbocycles. The Bertz CT molecular complexity index is 595. The number of rotatable bonds is 3. The number of ether oxygens (including phenoxy) is 1. The first-order valence-corrected chi connectivity index (χ1v) is 6.63. The van der Waals surface area contributed by atoms with Gasteiger partial charge in [0.15, 0.2) is 0 Å². The zero-order valence-electron chi connectivity index (χ0n) is 11.3. The Morgan fingerprint density at radius 2 is 2.21 bits per heavy atom. The predicted octanol–water partition coefficient (Wildman–Crippen LogP) is 3.50. The van der Waals surface area contributed by atoms with Gasteiger partial charge in [-0.25, -0.2) is 0 Å². The molecule has 3 heteroatoms. The summed E-state index contributed by atoms with van der Waals surface area (Å²) in [6.07, 6.45) is 4.05. The van der Waals surface area contributed by atoms with Crippen LogP contribution in [-0.4, -0.2) is 12.1 Å². The van der Waals surface area contributed by atoms with Crippen LogP contribution in [0.2, 0.25) is 0 Å². The van der Waals surface area contributed by atoms with Crippen LogP contribution in [0.4, 0.5) is 5.69 Å². The molecule has 0 spiro atoms. The average molecular weight is 254 g/mol. The van der Waals surface area contributed by atoms with E-state index in [0.29, 0.717) is 0 Å². The molecule has 0 amide bonds. The van der Waals surface area contributed by atoms with Crippen molar-refractivity contribution in [3.8, 4) is 5.75 Å². The smallest absolute Gasteiger partial charge is 0.142 e. The molecule has 1 unspecified atom stereocenters. The van der Waals surface area contributed by atoms with E-state index in [0.717, 1.165) is 24.3 Å². The molecule has 1 atom stereocenters. The summed E-state index contributed by atoms with van der Waals surface area (Å²) in [4.78, 5) is 4.51. The van der Waals surface area contributed by atoms with Crippen LogP contribution in [0, 0.1) is 6.92 Å². The summed E-state index contributed by atoms with van der Waals surface area (Å²) >= 11 is 0. The van der Waals surface area contributed by atoms with Crippen LogP contribution in [0.25, 0.3) is 0 Å². The average Bonchev–Trinajstić information content (AvgIpc) is 2.84. The first-order chi connectivity index (χ1) is 9.28. The second kappa shape index (κ2) is 4.92. The molecule has 1 aromatic carbocycles. The number of nitrogens with one attached hydrogen (secondary N) is 1. The third kappa shape index (κ3) is 2.28. The Hall–Kier alpha value is -2.03. The number of pyridine rings is 1. The van der Waals surface area contributed by atoms with E-state index in [4.69, 9.17) is 4.74 Å². The van der Waals surface area contributed by atoms with E-state index in [9.17, 15) is 0 Å². The van der Waals surface area contributed by atoms with Gasteiger partial charge in [0, 0.05) is 6.20 Å². The van der Waals surface area contributed by atoms with E-state index in [1.807, 2.05) is 12.3 Å². The molecule has 98 valence electrons. The minimum atomic E-state index is 0.285. The number of methoxy groups -OCH3 is 1. The van der Waals surface area contributed by atoms with Gasteiger partial charge in [-0.3, -0.25) is 4.98 Å². The number of hydrogen-bond acceptors (Lipinski definition) is 3. The molecule has 19 heavy (non-hydrogen) atoms. The van der Waals surface area contributed by atoms with Gasteiger partial charge in [-0.2, -0.15) is 0 Å². The lowest BCUT2D eigenvalue weighted by molar-refractivity contribution is 0.415. The SMILES string of the molecule is COc1cc(C)ccc1NC1CCc2cccnc21. The Kier molecular flexibility index (Phi) is 3.11. The number of benzene rings is 1. The molecule has 0 fully saturated rings. The van der Waals surface area contributed by atoms with E-state index >= 15 is 0 Å². The highest BCUT2D eigenvalue weighted by molar-refractivity contribution is 5.59. The molecule has 0 saturated carbocycles. The van der Waals surface area contributed by atoms with Crippen molar-refractivity contribution in [1.29, 1.82) is 0 Å². The van der Waals surface area contributed by atoms with Crippen LogP contribution in [0.5, 0.6) is 5.75 Å². The van der Waals surface area contributed by atoms with Gasteiger partial charge >= 0.3 is 0 Å². The maximum Gasteiger partial charge on any atom is 0.142 e. The minimum Gasteiger partial charge on any atom is -0.495 e. The topological polar surface area (TPSA) is 34.1 Å². The molecule has 0 bridgehead atoms. The van der Waals surface area contributed by atoms with Gasteiger partial charge in [0.1, 0.15) is 5.75 Å². The van der Waals surface area contributed by atoms with Crippen LogP contribution >= 0.6 is 0 Å². The van der Waals surface area contributed by atoms with Crippen molar-refractivity contribution in [2.75, 3.05) is 12.4 Å². The van der Waals surface area contributed by atoms with Crippen molar-refractivity contribution in [2.24, 2.45) is 0 Å². The van der Waals surface area contributed by atoms with Gasteiger partial charge in [-0.15, -0.1) is 0 Å². The third-order valence-corrected chi connectivity index (χ3v) is 3.65. The molecule has 1 heterocycles. The second-order valence-corrected chi connectivity index (χ2v) is 4.99. The molecule has 1 N–H and O–H groups in total. The second-order valence-electron chi connectivity index (χ2n) is 4.99. The normalized spacial score (nSPS) is 17.1. The van der Waals surface area contributed by atoms with Crippen LogP contribution in [0.15, 0.2) is 36.5 Å². The Balaban J connectivity index is 1.87. The third-order valence-electron chi connectivity index (χ3n) is 3.65. The van der Waals surface area contributed by atoms with Gasteiger partial charge in [-0.05, 0) is 49.1 Å². The predicted molar refractivity (Wildman–Crippen MR) is 76.7 cm³/mol. The summed E-state index contributed by atoms with van der Waals surface area (Å²) in [5, 5.41) is 3.56. The van der Waals surface area contributed by atoms with E-state index in [1.165, 1.54) is 16.8 Å². The minimum absolute atomic E-state index is 0.285. The van der Waals surface area contributed by atoms with E-state index in [-0.39, 0.29) is 6.04 Å². The number of nitrogens with zero attached hydrogens (tertiary/aromatic N) is 1. The first-order valence-electron chi connectivity index (χ1n) is 6.63. The van der Waals surface area contributed by atoms with Crippen LogP contribution in [0.1, 0.15) is 29.3 Å². The molecule has 3 nitrogen and oxygen atoms in total. The molecule has 3 rings (SSSR count). The Morgan fingerprint density at radius 3 is 3.05 bits per heavy atom. The zero-order chi connectivity index (χ0) is 13.2. The maximum atomic E-state index is 5.44. The van der Waals surface area contributed by atoms with Gasteiger partial charge in [0.05, 0.1) is 24.5 Å². The van der Waals surface area contributed by atoms with E-state index < -0.39 is 0 Å². The van der Waals surface area contributed by atoms with Crippen molar-refractivity contribution in [3.63, 3.8) is 0 Å². The van der Waals surface area contributed by atoms with Crippen molar-refractivity contribution in [2.45, 2.75) is 25.8 Å². The van der Waals surface area contributed by atoms with Crippen LogP contribution in [0.3, 0.4) is 0 Å². The molecule has 0 saturated heterocycles.